The van der Waals surface area contributed by atoms with Crippen LogP contribution in [0.5, 0.6) is 0 Å². The molecule has 32 heteroatoms. The van der Waals surface area contributed by atoms with Gasteiger partial charge in [0.05, 0.1) is 10.5 Å². The predicted molar refractivity (Wildman–Crippen MR) is 205 cm³/mol. The van der Waals surface area contributed by atoms with Crippen molar-refractivity contribution in [3.05, 3.63) is 19.6 Å². The highest BCUT2D eigenvalue weighted by Crippen LogP contribution is 2.29. The van der Waals surface area contributed by atoms with Crippen molar-refractivity contribution in [2.45, 2.75) is 75.9 Å². The summed E-state index contributed by atoms with van der Waals surface area (Å²) < 4.78 is 18.2. The molecule has 0 bridgehead atoms. The van der Waals surface area contributed by atoms with Gasteiger partial charge >= 0.3 is 17.9 Å². The van der Waals surface area contributed by atoms with Gasteiger partial charge < -0.3 is 57.5 Å². The predicted octanol–water partition coefficient (Wildman–Crippen LogP) is -1.06. The van der Waals surface area contributed by atoms with Crippen LogP contribution in [0, 0.1) is 19.6 Å². The molecule has 5 atom stereocenters. The largest absolute Gasteiger partial charge is 0.480 e. The SMILES string of the molecule is CC(=O)NC(CSN=O)OC=O.CC(=O)NC(OC=O)C(C)(C)SN=O.NC(CCC(=O)NC(CSN=O)C(=O)NCC(=O)O)C(=O)O.NC(CSN=O)C(=O)O. The minimum Gasteiger partial charge on any atom is -0.480 e. The zero-order chi connectivity index (χ0) is 45.0. The van der Waals surface area contributed by atoms with Gasteiger partial charge in [0.2, 0.25) is 23.6 Å². The second-order valence-electron chi connectivity index (χ2n) is 10.3. The van der Waals surface area contributed by atoms with Crippen molar-refractivity contribution < 1.29 is 67.9 Å². The number of rotatable bonds is 27. The summed E-state index contributed by atoms with van der Waals surface area (Å²) in [5.74, 6) is -5.84. The Morgan fingerprint density at radius 2 is 1.21 bits per heavy atom. The first-order valence-corrected chi connectivity index (χ1v) is 18.5. The van der Waals surface area contributed by atoms with Gasteiger partial charge in [0.1, 0.15) is 24.7 Å². The first-order valence-electron chi connectivity index (χ1n) is 14.9. The summed E-state index contributed by atoms with van der Waals surface area (Å²) in [6.45, 7) is 5.59. The number of hydrogen-bond donors (Lipinski definition) is 9. The molecule has 0 aliphatic rings. The van der Waals surface area contributed by atoms with E-state index in [1.165, 1.54) is 13.8 Å². The third kappa shape index (κ3) is 37.6. The smallest absolute Gasteiger partial charge is 0.322 e. The second kappa shape index (κ2) is 36.6. The van der Waals surface area contributed by atoms with Gasteiger partial charge in [-0.2, -0.15) is 0 Å². The molecule has 0 aromatic carbocycles. The van der Waals surface area contributed by atoms with Gasteiger partial charge in [-0.05, 0) is 20.3 Å². The van der Waals surface area contributed by atoms with E-state index < -0.39 is 71.6 Å². The zero-order valence-electron chi connectivity index (χ0n) is 30.3. The average molecular weight is 899 g/mol. The van der Waals surface area contributed by atoms with Gasteiger partial charge in [-0.1, -0.05) is 0 Å². The Morgan fingerprint density at radius 1 is 0.719 bits per heavy atom. The van der Waals surface area contributed by atoms with Gasteiger partial charge in [0.25, 0.3) is 12.9 Å². The summed E-state index contributed by atoms with van der Waals surface area (Å²) in [5.41, 5.74) is 10.2. The van der Waals surface area contributed by atoms with Gasteiger partial charge in [-0.3, -0.25) is 43.2 Å². The Balaban J connectivity index is -0.000000348. The topological polar surface area (TPSA) is 451 Å². The molecule has 0 aliphatic carbocycles. The van der Waals surface area contributed by atoms with E-state index in [1.54, 1.807) is 13.8 Å². The fraction of sp³-hybridized carbons (Fsp3) is 0.640. The van der Waals surface area contributed by atoms with Gasteiger partial charge in [0, 0.05) is 97.9 Å². The number of carboxylic acid groups (broad SMARTS) is 3. The maximum absolute atomic E-state index is 11.7. The number of nitroso groups, excluding NO2 is 4. The molecule has 0 heterocycles. The molecule has 5 unspecified atom stereocenters. The Morgan fingerprint density at radius 3 is 1.63 bits per heavy atom. The maximum atomic E-state index is 11.7. The third-order valence-corrected chi connectivity index (χ3v) is 7.79. The lowest BCUT2D eigenvalue weighted by Crippen LogP contribution is -2.49. The number of nitrogens with one attached hydrogen (secondary N) is 4. The van der Waals surface area contributed by atoms with Crippen LogP contribution in [-0.2, 0) is 52.6 Å². The van der Waals surface area contributed by atoms with Crippen molar-refractivity contribution in [2.24, 2.45) is 29.8 Å². The normalized spacial score (nSPS) is 12.5. The summed E-state index contributed by atoms with van der Waals surface area (Å²) in [5, 5.41) is 34.2. The summed E-state index contributed by atoms with van der Waals surface area (Å²) in [7, 11) is 0. The summed E-state index contributed by atoms with van der Waals surface area (Å²) >= 11 is 2.45. The van der Waals surface area contributed by atoms with E-state index in [2.05, 4.69) is 49.1 Å². The lowest BCUT2D eigenvalue weighted by atomic mass is 10.1. The van der Waals surface area contributed by atoms with Crippen molar-refractivity contribution in [2.75, 3.05) is 23.8 Å². The van der Waals surface area contributed by atoms with E-state index >= 15 is 0 Å². The Labute approximate surface area is 339 Å². The number of aliphatic carboxylic acids is 3. The molecular formula is C25H42N10O18S4. The van der Waals surface area contributed by atoms with E-state index in [0.717, 1.165) is 0 Å². The van der Waals surface area contributed by atoms with E-state index in [9.17, 15) is 62.8 Å². The fourth-order valence-corrected chi connectivity index (χ4v) is 4.26. The van der Waals surface area contributed by atoms with Crippen LogP contribution in [0.25, 0.3) is 0 Å². The molecule has 0 aromatic heterocycles. The minimum atomic E-state index is -1.27. The van der Waals surface area contributed by atoms with Crippen LogP contribution in [0.3, 0.4) is 0 Å². The van der Waals surface area contributed by atoms with E-state index in [-0.39, 0.29) is 54.9 Å². The minimum absolute atomic E-state index is 0.0266. The van der Waals surface area contributed by atoms with Gasteiger partial charge in [0.15, 0.2) is 12.5 Å². The summed E-state index contributed by atoms with van der Waals surface area (Å²) in [6, 6.07) is -3.38. The van der Waals surface area contributed by atoms with Crippen LogP contribution in [0.4, 0.5) is 0 Å². The van der Waals surface area contributed by atoms with Crippen LogP contribution in [-0.4, -0.2) is 129 Å². The first-order chi connectivity index (χ1) is 26.6. The quantitative estimate of drug-likeness (QED) is 0.0205. The zero-order valence-corrected chi connectivity index (χ0v) is 33.6. The Bertz CT molecular complexity index is 1340. The van der Waals surface area contributed by atoms with E-state index in [1.807, 2.05) is 0 Å². The van der Waals surface area contributed by atoms with E-state index in [4.69, 9.17) is 26.8 Å². The molecule has 0 rings (SSSR count). The Hall–Kier alpha value is -5.05. The number of carboxylic acids is 3. The second-order valence-corrected chi connectivity index (χ2v) is 13.9. The Kier molecular flexibility index (Phi) is 37.6. The van der Waals surface area contributed by atoms with Gasteiger partial charge in [-0.25, -0.2) is 0 Å². The number of ether oxygens (including phenoxy) is 2. The molecule has 0 fully saturated rings. The first kappa shape index (κ1) is 58.7. The van der Waals surface area contributed by atoms with Crippen LogP contribution >= 0.6 is 47.8 Å². The number of amides is 4. The molecule has 11 N–H and O–H groups in total. The van der Waals surface area contributed by atoms with E-state index in [0.29, 0.717) is 47.8 Å². The van der Waals surface area contributed by atoms with Crippen molar-refractivity contribution >= 4 is 102 Å². The number of nitrogens with zero attached hydrogens (tertiary/aromatic N) is 4. The van der Waals surface area contributed by atoms with Crippen LogP contribution in [0.15, 0.2) is 18.3 Å². The maximum Gasteiger partial charge on any atom is 0.322 e. The lowest BCUT2D eigenvalue weighted by molar-refractivity contribution is -0.140. The van der Waals surface area contributed by atoms with Gasteiger partial charge in [-0.15, -0.1) is 19.6 Å². The van der Waals surface area contributed by atoms with Crippen LogP contribution in [0.2, 0.25) is 0 Å². The summed E-state index contributed by atoms with van der Waals surface area (Å²) in [6.07, 6.45) is -2.04. The van der Waals surface area contributed by atoms with Crippen LogP contribution < -0.4 is 32.7 Å². The molecule has 4 amide bonds. The monoisotopic (exact) mass is 898 g/mol. The molecule has 0 aromatic rings. The van der Waals surface area contributed by atoms with Crippen molar-refractivity contribution in [3.63, 3.8) is 0 Å². The number of nitrogens with two attached hydrogens (primary N) is 2. The van der Waals surface area contributed by atoms with Crippen LogP contribution in [0.1, 0.15) is 40.5 Å². The molecule has 0 saturated carbocycles. The highest BCUT2D eigenvalue weighted by molar-refractivity contribution is 7.99. The molecule has 0 aliphatic heterocycles. The number of carbonyl (C=O) groups is 9. The molecule has 57 heavy (non-hydrogen) atoms. The van der Waals surface area contributed by atoms with Crippen molar-refractivity contribution in [1.82, 2.24) is 21.3 Å². The van der Waals surface area contributed by atoms with Crippen molar-refractivity contribution in [3.8, 4) is 0 Å². The molecule has 324 valence electrons. The molecule has 0 spiro atoms. The molecular weight excluding hydrogens is 857 g/mol. The third-order valence-electron chi connectivity index (χ3n) is 5.28. The average Bonchev–Trinajstić information content (AvgIpc) is 3.12. The lowest BCUT2D eigenvalue weighted by Gasteiger charge is -2.28. The highest BCUT2D eigenvalue weighted by Gasteiger charge is 2.34. The highest BCUT2D eigenvalue weighted by atomic mass is 32.2. The fourth-order valence-electron chi connectivity index (χ4n) is 2.70. The molecule has 0 saturated heterocycles. The standard InChI is InChI=1S/C10H16N4O7S.C7H12N2O4S.C5H8N2O4S.C3H6N2O3S/c11-5(10(19)20)1-2-7(15)13-6(4-22-14-21)9(18)12-3-8(16)17;1-5(11)8-6(13-4-10)7(2,3)14-9-12;1-4(9)6-5(11-3-8)2-12-7-10;4-2(3(6)7)1-9-5-8/h5-6H,1-4,11H2,(H,12,18)(H,13,15)(H,16,17)(H,19,20);4,6H,1-3H3,(H,8,11);3,5H,2H2,1H3,(H,6,9);2H,1,4H2,(H,6,7). The summed E-state index contributed by atoms with van der Waals surface area (Å²) in [4.78, 5) is 135. The molecule has 28 nitrogen and oxygen atoms in total. The number of carbonyl (C=O) groups excluding carboxylic acids is 6. The number of hydrogen-bond acceptors (Lipinski definition) is 25. The van der Waals surface area contributed by atoms with Crippen molar-refractivity contribution in [1.29, 1.82) is 0 Å². The molecule has 0 radical (unpaired) electrons.